The number of carbonyl (C=O) groups is 3. The van der Waals surface area contributed by atoms with E-state index in [1.165, 1.54) is 24.3 Å². The number of hydrogen-bond donors (Lipinski definition) is 1. The number of nitrogens with zero attached hydrogens (tertiary/aromatic N) is 1. The third-order valence-electron chi connectivity index (χ3n) is 4.98. The Morgan fingerprint density at radius 1 is 1.03 bits per heavy atom. The van der Waals surface area contributed by atoms with Crippen molar-refractivity contribution in [3.63, 3.8) is 0 Å². The molecule has 8 heteroatoms. The van der Waals surface area contributed by atoms with Gasteiger partial charge in [-0.05, 0) is 66.1 Å². The Labute approximate surface area is 194 Å². The Morgan fingerprint density at radius 3 is 2.58 bits per heavy atom. The van der Waals surface area contributed by atoms with E-state index < -0.39 is 17.8 Å². The van der Waals surface area contributed by atoms with E-state index in [4.69, 9.17) is 16.3 Å². The lowest BCUT2D eigenvalue weighted by Gasteiger charge is -2.26. The molecule has 0 aromatic heterocycles. The van der Waals surface area contributed by atoms with Crippen LogP contribution < -0.4 is 15.0 Å². The number of ether oxygens (including phenoxy) is 1. The molecule has 1 N–H and O–H groups in total. The molecule has 166 valence electrons. The van der Waals surface area contributed by atoms with Crippen molar-refractivity contribution in [2.45, 2.75) is 13.5 Å². The quantitative estimate of drug-likeness (QED) is 0.424. The van der Waals surface area contributed by atoms with Crippen LogP contribution in [-0.4, -0.2) is 17.8 Å². The van der Waals surface area contributed by atoms with Gasteiger partial charge < -0.3 is 4.74 Å². The van der Waals surface area contributed by atoms with E-state index >= 15 is 0 Å². The number of nitrogens with one attached hydrogen (secondary N) is 1. The molecule has 1 aliphatic rings. The van der Waals surface area contributed by atoms with Gasteiger partial charge in [0, 0.05) is 5.02 Å². The summed E-state index contributed by atoms with van der Waals surface area (Å²) in [6.45, 7) is 1.94. The maximum absolute atomic E-state index is 13.3. The van der Waals surface area contributed by atoms with Crippen molar-refractivity contribution in [1.82, 2.24) is 5.32 Å². The number of halogens is 2. The van der Waals surface area contributed by atoms with Gasteiger partial charge in [-0.25, -0.2) is 14.1 Å². The molecular weight excluding hydrogens is 447 g/mol. The Balaban J connectivity index is 1.58. The van der Waals surface area contributed by atoms with Gasteiger partial charge in [0.2, 0.25) is 0 Å². The molecule has 0 saturated carbocycles. The summed E-state index contributed by atoms with van der Waals surface area (Å²) < 4.78 is 19.0. The van der Waals surface area contributed by atoms with Gasteiger partial charge >= 0.3 is 6.03 Å². The van der Waals surface area contributed by atoms with Crippen molar-refractivity contribution in [1.29, 1.82) is 0 Å². The molecule has 1 heterocycles. The lowest BCUT2D eigenvalue weighted by Crippen LogP contribution is -2.54. The normalized spacial score (nSPS) is 15.1. The Kier molecular flexibility index (Phi) is 6.24. The minimum absolute atomic E-state index is 0.146. The number of amides is 4. The Morgan fingerprint density at radius 2 is 1.82 bits per heavy atom. The van der Waals surface area contributed by atoms with Crippen molar-refractivity contribution in [2.75, 3.05) is 4.90 Å². The minimum atomic E-state index is -0.853. The molecular formula is C25H18ClFN2O4. The van der Waals surface area contributed by atoms with Crippen LogP contribution in [0.5, 0.6) is 5.75 Å². The highest BCUT2D eigenvalue weighted by molar-refractivity contribution is 6.39. The summed E-state index contributed by atoms with van der Waals surface area (Å²) >= 11 is 6.14. The minimum Gasteiger partial charge on any atom is -0.489 e. The molecule has 33 heavy (non-hydrogen) atoms. The third-order valence-corrected chi connectivity index (χ3v) is 5.39. The molecule has 0 aliphatic carbocycles. The maximum atomic E-state index is 13.3. The van der Waals surface area contributed by atoms with E-state index in [1.54, 1.807) is 55.5 Å². The summed E-state index contributed by atoms with van der Waals surface area (Å²) in [7, 11) is 0. The van der Waals surface area contributed by atoms with Gasteiger partial charge in [0.05, 0.1) is 5.69 Å². The summed E-state index contributed by atoms with van der Waals surface area (Å²) in [5, 5.41) is 2.57. The zero-order valence-corrected chi connectivity index (χ0v) is 18.2. The van der Waals surface area contributed by atoms with Crippen LogP contribution in [0, 0.1) is 12.7 Å². The first-order chi connectivity index (χ1) is 15.8. The van der Waals surface area contributed by atoms with E-state index in [9.17, 15) is 18.8 Å². The van der Waals surface area contributed by atoms with Crippen LogP contribution in [-0.2, 0) is 16.2 Å². The van der Waals surface area contributed by atoms with Crippen LogP contribution in [0.1, 0.15) is 16.7 Å². The molecule has 3 aromatic carbocycles. The van der Waals surface area contributed by atoms with Crippen molar-refractivity contribution >= 4 is 41.2 Å². The molecule has 0 bridgehead atoms. The molecule has 4 rings (SSSR count). The topological polar surface area (TPSA) is 75.7 Å². The number of carbonyl (C=O) groups excluding carboxylic acids is 3. The average molecular weight is 465 g/mol. The van der Waals surface area contributed by atoms with Gasteiger partial charge in [-0.1, -0.05) is 41.9 Å². The first-order valence-electron chi connectivity index (χ1n) is 9.97. The molecule has 0 unspecified atom stereocenters. The Bertz CT molecular complexity index is 1310. The van der Waals surface area contributed by atoms with Crippen LogP contribution in [0.15, 0.2) is 72.3 Å². The van der Waals surface area contributed by atoms with Gasteiger partial charge in [-0.3, -0.25) is 14.9 Å². The summed E-state index contributed by atoms with van der Waals surface area (Å²) in [6, 6.07) is 16.7. The van der Waals surface area contributed by atoms with Crippen LogP contribution in [0.25, 0.3) is 6.08 Å². The standard InChI is InChI=1S/C25H18ClFN2O4/c1-15-8-9-19(13-22(15)26)29-24(31)21(23(30)28-25(29)32)12-16-4-3-7-20(11-16)33-14-17-5-2-6-18(27)10-17/h2-13H,14H2,1H3,(H,28,30,32)/b21-12-. The van der Waals surface area contributed by atoms with Crippen molar-refractivity contribution in [3.8, 4) is 5.75 Å². The smallest absolute Gasteiger partial charge is 0.335 e. The highest BCUT2D eigenvalue weighted by Crippen LogP contribution is 2.27. The number of aryl methyl sites for hydroxylation is 1. The lowest BCUT2D eigenvalue weighted by molar-refractivity contribution is -0.122. The van der Waals surface area contributed by atoms with Crippen LogP contribution in [0.2, 0.25) is 5.02 Å². The Hall–Kier alpha value is -3.97. The van der Waals surface area contributed by atoms with Crippen molar-refractivity contribution in [3.05, 3.63) is 99.8 Å². The molecule has 0 radical (unpaired) electrons. The summed E-state index contributed by atoms with van der Waals surface area (Å²) in [6.07, 6.45) is 1.38. The predicted molar refractivity (Wildman–Crippen MR) is 122 cm³/mol. The average Bonchev–Trinajstić information content (AvgIpc) is 2.78. The van der Waals surface area contributed by atoms with E-state index in [2.05, 4.69) is 5.32 Å². The zero-order chi connectivity index (χ0) is 23.5. The third kappa shape index (κ3) is 4.94. The molecule has 0 spiro atoms. The van der Waals surface area contributed by atoms with Crippen molar-refractivity contribution in [2.24, 2.45) is 0 Å². The second-order valence-electron chi connectivity index (χ2n) is 7.38. The van der Waals surface area contributed by atoms with E-state index in [0.29, 0.717) is 21.9 Å². The number of benzene rings is 3. The highest BCUT2D eigenvalue weighted by Gasteiger charge is 2.37. The molecule has 1 fully saturated rings. The van der Waals surface area contributed by atoms with E-state index in [-0.39, 0.29) is 23.7 Å². The predicted octanol–water partition coefficient (Wildman–Crippen LogP) is 5.03. The van der Waals surface area contributed by atoms with Gasteiger partial charge in [0.25, 0.3) is 11.8 Å². The molecule has 6 nitrogen and oxygen atoms in total. The van der Waals surface area contributed by atoms with E-state index in [1.807, 2.05) is 0 Å². The number of urea groups is 1. The number of imide groups is 2. The monoisotopic (exact) mass is 464 g/mol. The number of hydrogen-bond acceptors (Lipinski definition) is 4. The molecule has 0 atom stereocenters. The first-order valence-corrected chi connectivity index (χ1v) is 10.3. The highest BCUT2D eigenvalue weighted by atomic mass is 35.5. The number of barbiturate groups is 1. The first kappa shape index (κ1) is 22.2. The number of anilines is 1. The fraction of sp³-hybridized carbons (Fsp3) is 0.0800. The van der Waals surface area contributed by atoms with Gasteiger partial charge in [-0.15, -0.1) is 0 Å². The molecule has 4 amide bonds. The summed E-state index contributed by atoms with van der Waals surface area (Å²) in [5.74, 6) is -1.46. The lowest BCUT2D eigenvalue weighted by atomic mass is 10.1. The second-order valence-corrected chi connectivity index (χ2v) is 7.79. The fourth-order valence-corrected chi connectivity index (χ4v) is 3.44. The van der Waals surface area contributed by atoms with Crippen molar-refractivity contribution < 1.29 is 23.5 Å². The second kappa shape index (κ2) is 9.26. The summed E-state index contributed by atoms with van der Waals surface area (Å²) in [4.78, 5) is 38.7. The van der Waals surface area contributed by atoms with Gasteiger partial charge in [0.15, 0.2) is 0 Å². The van der Waals surface area contributed by atoms with Crippen LogP contribution >= 0.6 is 11.6 Å². The number of rotatable bonds is 5. The SMILES string of the molecule is Cc1ccc(N2C(=O)NC(=O)/C(=C/c3cccc(OCc4cccc(F)c4)c3)C2=O)cc1Cl. The van der Waals surface area contributed by atoms with Crippen LogP contribution in [0.3, 0.4) is 0 Å². The fourth-order valence-electron chi connectivity index (χ4n) is 3.27. The van der Waals surface area contributed by atoms with Gasteiger partial charge in [0.1, 0.15) is 23.7 Å². The summed E-state index contributed by atoms with van der Waals surface area (Å²) in [5.41, 5.74) is 1.99. The van der Waals surface area contributed by atoms with Crippen LogP contribution in [0.4, 0.5) is 14.9 Å². The molecule has 1 saturated heterocycles. The largest absolute Gasteiger partial charge is 0.489 e. The zero-order valence-electron chi connectivity index (χ0n) is 17.5. The molecule has 1 aliphatic heterocycles. The van der Waals surface area contributed by atoms with Gasteiger partial charge in [-0.2, -0.15) is 0 Å². The maximum Gasteiger partial charge on any atom is 0.335 e. The van der Waals surface area contributed by atoms with E-state index in [0.717, 1.165) is 10.5 Å². The molecule has 3 aromatic rings.